The normalized spacial score (nSPS) is 11.3. The number of carbonyl (C=O) groups is 1. The van der Waals surface area contributed by atoms with E-state index in [0.29, 0.717) is 0 Å². The molecule has 0 aliphatic carbocycles. The van der Waals surface area contributed by atoms with Crippen molar-refractivity contribution >= 4 is 39.6 Å². The Morgan fingerprint density at radius 1 is 1.07 bits per heavy atom. The van der Waals surface area contributed by atoms with Gasteiger partial charge in [0, 0.05) is 34.4 Å². The third kappa shape index (κ3) is 3.34. The van der Waals surface area contributed by atoms with Crippen molar-refractivity contribution in [2.45, 2.75) is 13.5 Å². The van der Waals surface area contributed by atoms with Crippen LogP contribution in [0.1, 0.15) is 22.8 Å². The molecule has 0 aliphatic heterocycles. The van der Waals surface area contributed by atoms with Crippen molar-refractivity contribution in [1.82, 2.24) is 9.99 Å². The Hall–Kier alpha value is -4.00. The molecule has 4 aromatic rings. The van der Waals surface area contributed by atoms with E-state index in [-0.39, 0.29) is 11.3 Å². The lowest BCUT2D eigenvalue weighted by Crippen LogP contribution is -2.18. The van der Waals surface area contributed by atoms with Gasteiger partial charge in [0.15, 0.2) is 0 Å². The number of hydrogen-bond donors (Lipinski definition) is 1. The van der Waals surface area contributed by atoms with Crippen LogP contribution in [-0.2, 0) is 6.54 Å². The summed E-state index contributed by atoms with van der Waals surface area (Å²) in [5.74, 6) is -0.628. The van der Waals surface area contributed by atoms with Gasteiger partial charge in [-0.15, -0.1) is 0 Å². The average molecular weight is 386 g/mol. The molecule has 0 radical (unpaired) electrons. The topological polar surface area (TPSA) is 89.5 Å². The molecule has 1 amide bonds. The molecule has 1 aromatic heterocycles. The molecule has 0 saturated heterocycles. The Balaban J connectivity index is 1.62. The van der Waals surface area contributed by atoms with Crippen LogP contribution in [0.4, 0.5) is 5.69 Å². The first-order chi connectivity index (χ1) is 14.1. The van der Waals surface area contributed by atoms with E-state index in [9.17, 15) is 14.9 Å². The number of carbonyl (C=O) groups excluding carboxylic acids is 1. The lowest BCUT2D eigenvalue weighted by molar-refractivity contribution is -0.385. The van der Waals surface area contributed by atoms with Gasteiger partial charge in [-0.3, -0.25) is 14.9 Å². The number of hydrogen-bond acceptors (Lipinski definition) is 4. The second-order valence-electron chi connectivity index (χ2n) is 6.51. The molecule has 7 heteroatoms. The zero-order valence-electron chi connectivity index (χ0n) is 15.7. The summed E-state index contributed by atoms with van der Waals surface area (Å²) in [6.45, 7) is 2.98. The van der Waals surface area contributed by atoms with Gasteiger partial charge in [0.1, 0.15) is 5.56 Å². The quantitative estimate of drug-likeness (QED) is 0.311. The van der Waals surface area contributed by atoms with Gasteiger partial charge in [0.25, 0.3) is 11.6 Å². The van der Waals surface area contributed by atoms with Crippen LogP contribution >= 0.6 is 0 Å². The van der Waals surface area contributed by atoms with E-state index in [2.05, 4.69) is 34.2 Å². The highest BCUT2D eigenvalue weighted by molar-refractivity contribution is 6.09. The highest BCUT2D eigenvalue weighted by Gasteiger charge is 2.18. The molecule has 1 N–H and O–H groups in total. The number of amides is 1. The third-order valence-corrected chi connectivity index (χ3v) is 4.84. The SMILES string of the molecule is CCn1c2ccccc2c2cc(/C=N\NC(=O)c3ccccc3[N+](=O)[O-])ccc21. The highest BCUT2D eigenvalue weighted by Crippen LogP contribution is 2.29. The molecule has 29 heavy (non-hydrogen) atoms. The molecule has 4 rings (SSSR count). The number of para-hydroxylation sites is 2. The van der Waals surface area contributed by atoms with Gasteiger partial charge in [-0.05, 0) is 36.8 Å². The molecular weight excluding hydrogens is 368 g/mol. The van der Waals surface area contributed by atoms with E-state index in [1.165, 1.54) is 29.9 Å². The maximum Gasteiger partial charge on any atom is 0.282 e. The first-order valence-corrected chi connectivity index (χ1v) is 9.18. The monoisotopic (exact) mass is 386 g/mol. The number of rotatable bonds is 5. The van der Waals surface area contributed by atoms with Crippen molar-refractivity contribution in [3.05, 3.63) is 88.0 Å². The molecule has 0 saturated carbocycles. The predicted molar refractivity (Wildman–Crippen MR) is 113 cm³/mol. The summed E-state index contributed by atoms with van der Waals surface area (Å²) < 4.78 is 2.25. The maximum atomic E-state index is 12.3. The molecule has 0 unspecified atom stereocenters. The lowest BCUT2D eigenvalue weighted by Gasteiger charge is -2.03. The summed E-state index contributed by atoms with van der Waals surface area (Å²) in [7, 11) is 0. The van der Waals surface area contributed by atoms with Crippen LogP contribution < -0.4 is 5.43 Å². The number of aryl methyl sites for hydroxylation is 1. The number of fused-ring (bicyclic) bond motifs is 3. The summed E-state index contributed by atoms with van der Waals surface area (Å²) in [4.78, 5) is 22.7. The first kappa shape index (κ1) is 18.4. The van der Waals surface area contributed by atoms with E-state index < -0.39 is 10.8 Å². The van der Waals surface area contributed by atoms with Crippen molar-refractivity contribution in [2.24, 2.45) is 5.10 Å². The zero-order valence-corrected chi connectivity index (χ0v) is 15.7. The highest BCUT2D eigenvalue weighted by atomic mass is 16.6. The first-order valence-electron chi connectivity index (χ1n) is 9.18. The van der Waals surface area contributed by atoms with Crippen molar-refractivity contribution in [2.75, 3.05) is 0 Å². The van der Waals surface area contributed by atoms with E-state index in [4.69, 9.17) is 0 Å². The molecular formula is C22H18N4O3. The zero-order chi connectivity index (χ0) is 20.4. The number of aromatic nitrogens is 1. The number of nitro groups is 1. The molecule has 3 aromatic carbocycles. The molecule has 144 valence electrons. The summed E-state index contributed by atoms with van der Waals surface area (Å²) >= 11 is 0. The number of benzene rings is 3. The Kier molecular flexibility index (Phi) is 4.78. The van der Waals surface area contributed by atoms with E-state index in [1.807, 2.05) is 30.3 Å². The van der Waals surface area contributed by atoms with Crippen LogP contribution in [0.25, 0.3) is 21.8 Å². The minimum atomic E-state index is -0.628. The van der Waals surface area contributed by atoms with Gasteiger partial charge in [-0.2, -0.15) is 5.10 Å². The second-order valence-corrected chi connectivity index (χ2v) is 6.51. The van der Waals surface area contributed by atoms with Gasteiger partial charge in [-0.25, -0.2) is 5.43 Å². The Bertz CT molecular complexity index is 1270. The van der Waals surface area contributed by atoms with E-state index in [0.717, 1.165) is 28.4 Å². The Labute approximate surface area is 166 Å². The smallest absolute Gasteiger partial charge is 0.282 e. The average Bonchev–Trinajstić information content (AvgIpc) is 3.06. The fourth-order valence-corrected chi connectivity index (χ4v) is 3.54. The molecule has 0 bridgehead atoms. The standard InChI is InChI=1S/C22H18N4O3/c1-2-25-19-9-5-3-7-16(19)18-13-15(11-12-20(18)25)14-23-24-22(27)17-8-4-6-10-21(17)26(28)29/h3-14H,2H2,1H3,(H,24,27)/b23-14-. The van der Waals surface area contributed by atoms with Gasteiger partial charge in [0.2, 0.25) is 0 Å². The second kappa shape index (κ2) is 7.55. The van der Waals surface area contributed by atoms with Crippen LogP contribution in [0.2, 0.25) is 0 Å². The van der Waals surface area contributed by atoms with Crippen molar-refractivity contribution in [1.29, 1.82) is 0 Å². The Morgan fingerprint density at radius 3 is 2.59 bits per heavy atom. The largest absolute Gasteiger partial charge is 0.341 e. The summed E-state index contributed by atoms with van der Waals surface area (Å²) in [5.41, 5.74) is 5.20. The third-order valence-electron chi connectivity index (χ3n) is 4.84. The number of nitrogens with zero attached hydrogens (tertiary/aromatic N) is 3. The van der Waals surface area contributed by atoms with Gasteiger partial charge in [0.05, 0.1) is 11.1 Å². The van der Waals surface area contributed by atoms with Gasteiger partial charge in [-0.1, -0.05) is 36.4 Å². The molecule has 0 fully saturated rings. The fraction of sp³-hybridized carbons (Fsp3) is 0.0909. The van der Waals surface area contributed by atoms with Gasteiger partial charge < -0.3 is 4.57 Å². The predicted octanol–water partition coefficient (Wildman–Crippen LogP) is 4.49. The van der Waals surface area contributed by atoms with E-state index in [1.54, 1.807) is 6.07 Å². The van der Waals surface area contributed by atoms with Gasteiger partial charge >= 0.3 is 0 Å². The van der Waals surface area contributed by atoms with E-state index >= 15 is 0 Å². The minimum Gasteiger partial charge on any atom is -0.341 e. The van der Waals surface area contributed by atoms with Crippen molar-refractivity contribution in [3.63, 3.8) is 0 Å². The molecule has 0 atom stereocenters. The van der Waals surface area contributed by atoms with Crippen LogP contribution in [0.15, 0.2) is 71.8 Å². The fourth-order valence-electron chi connectivity index (χ4n) is 3.54. The molecule has 1 heterocycles. The molecule has 0 aliphatic rings. The summed E-state index contributed by atoms with van der Waals surface area (Å²) in [6, 6.07) is 20.0. The maximum absolute atomic E-state index is 12.3. The minimum absolute atomic E-state index is 0.0314. The summed E-state index contributed by atoms with van der Waals surface area (Å²) in [5, 5.41) is 17.3. The van der Waals surface area contributed by atoms with Crippen molar-refractivity contribution in [3.8, 4) is 0 Å². The van der Waals surface area contributed by atoms with Crippen LogP contribution in [0.3, 0.4) is 0 Å². The van der Waals surface area contributed by atoms with Crippen LogP contribution in [0.5, 0.6) is 0 Å². The lowest BCUT2D eigenvalue weighted by atomic mass is 10.1. The summed E-state index contributed by atoms with van der Waals surface area (Å²) in [6.07, 6.45) is 1.53. The number of nitrogens with one attached hydrogen (secondary N) is 1. The van der Waals surface area contributed by atoms with Crippen LogP contribution in [0, 0.1) is 10.1 Å². The Morgan fingerprint density at radius 2 is 1.79 bits per heavy atom. The van der Waals surface area contributed by atoms with Crippen LogP contribution in [-0.4, -0.2) is 21.6 Å². The molecule has 0 spiro atoms. The van der Waals surface area contributed by atoms with Crippen molar-refractivity contribution < 1.29 is 9.72 Å². The number of nitro benzene ring substituents is 1. The number of hydrazone groups is 1. The molecule has 7 nitrogen and oxygen atoms in total.